The fraction of sp³-hybridized carbons (Fsp3) is 0.182. The van der Waals surface area contributed by atoms with Crippen LogP contribution >= 0.6 is 0 Å². The number of carbonyl (C=O) groups is 2. The lowest BCUT2D eigenvalue weighted by Gasteiger charge is -1.93. The molecular formula is C11H14N4O3. The third kappa shape index (κ3) is 3.78. The van der Waals surface area contributed by atoms with Gasteiger partial charge >= 0.3 is 6.09 Å². The van der Waals surface area contributed by atoms with Gasteiger partial charge in [0, 0.05) is 10.9 Å². The largest absolute Gasteiger partial charge is 0.450 e. The standard InChI is InChI=1S/C8H7N3O.C3H7NO2/c9-8(12)5-1-2-7-6(3-5)4-10-11-7;1-2-6-3(4)5/h1-4H,(H2,9,12)(H,10,11);2H2,1H3,(H2,4,5). The lowest BCUT2D eigenvalue weighted by Crippen LogP contribution is -2.11. The zero-order valence-corrected chi connectivity index (χ0v) is 9.84. The van der Waals surface area contributed by atoms with Crippen LogP contribution in [0.25, 0.3) is 10.9 Å². The van der Waals surface area contributed by atoms with Gasteiger partial charge in [-0.25, -0.2) is 4.79 Å². The van der Waals surface area contributed by atoms with Gasteiger partial charge in [0.2, 0.25) is 5.91 Å². The molecule has 0 saturated carbocycles. The van der Waals surface area contributed by atoms with Gasteiger partial charge in [-0.3, -0.25) is 9.89 Å². The van der Waals surface area contributed by atoms with Crippen molar-refractivity contribution in [3.8, 4) is 0 Å². The first-order chi connectivity index (χ1) is 8.54. The first kappa shape index (κ1) is 13.5. The number of rotatable bonds is 2. The van der Waals surface area contributed by atoms with E-state index < -0.39 is 12.0 Å². The van der Waals surface area contributed by atoms with Crippen LogP contribution in [0.5, 0.6) is 0 Å². The highest BCUT2D eigenvalue weighted by Crippen LogP contribution is 2.11. The Morgan fingerprint density at radius 1 is 1.39 bits per heavy atom. The van der Waals surface area contributed by atoms with Gasteiger partial charge in [-0.2, -0.15) is 5.10 Å². The van der Waals surface area contributed by atoms with Crippen LogP contribution in [0.4, 0.5) is 4.79 Å². The van der Waals surface area contributed by atoms with Crippen molar-refractivity contribution in [3.63, 3.8) is 0 Å². The lowest BCUT2D eigenvalue weighted by atomic mass is 10.1. The SMILES string of the molecule is CCOC(N)=O.NC(=O)c1ccc2[nH]ncc2c1. The molecule has 0 unspecified atom stereocenters. The Hall–Kier alpha value is -2.57. The summed E-state index contributed by atoms with van der Waals surface area (Å²) in [5.74, 6) is -0.418. The van der Waals surface area contributed by atoms with E-state index in [1.807, 2.05) is 0 Å². The summed E-state index contributed by atoms with van der Waals surface area (Å²) >= 11 is 0. The maximum atomic E-state index is 10.8. The van der Waals surface area contributed by atoms with Gasteiger partial charge in [0.05, 0.1) is 18.3 Å². The lowest BCUT2D eigenvalue weighted by molar-refractivity contribution is 0.100. The third-order valence-electron chi connectivity index (χ3n) is 2.01. The number of ether oxygens (including phenoxy) is 1. The highest BCUT2D eigenvalue weighted by atomic mass is 16.5. The van der Waals surface area contributed by atoms with Crippen molar-refractivity contribution in [2.24, 2.45) is 11.5 Å². The number of hydrogen-bond donors (Lipinski definition) is 3. The van der Waals surface area contributed by atoms with Gasteiger partial charge in [0.15, 0.2) is 0 Å². The van der Waals surface area contributed by atoms with Crippen molar-refractivity contribution < 1.29 is 14.3 Å². The van der Waals surface area contributed by atoms with Crippen LogP contribution < -0.4 is 11.5 Å². The number of aromatic nitrogens is 2. The van der Waals surface area contributed by atoms with E-state index >= 15 is 0 Å². The summed E-state index contributed by atoms with van der Waals surface area (Å²) in [5, 5.41) is 7.50. The van der Waals surface area contributed by atoms with E-state index in [2.05, 4.69) is 20.7 Å². The van der Waals surface area contributed by atoms with Gasteiger partial charge in [-0.15, -0.1) is 0 Å². The Bertz CT molecular complexity index is 550. The van der Waals surface area contributed by atoms with Gasteiger partial charge in [0.1, 0.15) is 0 Å². The molecule has 7 nitrogen and oxygen atoms in total. The average Bonchev–Trinajstić information content (AvgIpc) is 2.76. The number of primary amides is 2. The Kier molecular flexibility index (Phi) is 4.67. The van der Waals surface area contributed by atoms with Crippen molar-refractivity contribution in [2.45, 2.75) is 6.92 Å². The number of H-pyrrole nitrogens is 1. The minimum Gasteiger partial charge on any atom is -0.450 e. The number of nitrogens with two attached hydrogens (primary N) is 2. The van der Waals surface area contributed by atoms with E-state index in [1.54, 1.807) is 31.3 Å². The second kappa shape index (κ2) is 6.24. The molecule has 0 aliphatic carbocycles. The molecule has 1 heterocycles. The zero-order valence-electron chi connectivity index (χ0n) is 9.84. The molecule has 2 amide bonds. The number of nitrogens with zero attached hydrogens (tertiary/aromatic N) is 1. The molecule has 7 heteroatoms. The summed E-state index contributed by atoms with van der Waals surface area (Å²) in [6.07, 6.45) is 0.944. The van der Waals surface area contributed by atoms with Crippen molar-refractivity contribution in [1.82, 2.24) is 10.2 Å². The molecule has 1 aromatic carbocycles. The second-order valence-corrected chi connectivity index (χ2v) is 3.29. The topological polar surface area (TPSA) is 124 Å². The summed E-state index contributed by atoms with van der Waals surface area (Å²) in [6, 6.07) is 5.16. The quantitative estimate of drug-likeness (QED) is 0.727. The van der Waals surface area contributed by atoms with Gasteiger partial charge in [-0.1, -0.05) is 0 Å². The predicted octanol–water partition coefficient (Wildman–Crippen LogP) is 0.763. The van der Waals surface area contributed by atoms with Crippen molar-refractivity contribution >= 4 is 22.9 Å². The Morgan fingerprint density at radius 3 is 2.61 bits per heavy atom. The minimum atomic E-state index is -0.711. The molecule has 96 valence electrons. The van der Waals surface area contributed by atoms with Crippen LogP contribution in [0.2, 0.25) is 0 Å². The Balaban J connectivity index is 0.000000232. The molecule has 0 radical (unpaired) electrons. The summed E-state index contributed by atoms with van der Waals surface area (Å²) in [6.45, 7) is 2.06. The first-order valence-corrected chi connectivity index (χ1v) is 5.19. The van der Waals surface area contributed by atoms with Crippen molar-refractivity contribution in [1.29, 1.82) is 0 Å². The molecule has 0 aliphatic heterocycles. The van der Waals surface area contributed by atoms with E-state index in [1.165, 1.54) is 0 Å². The maximum absolute atomic E-state index is 10.8. The van der Waals surface area contributed by atoms with Gasteiger partial charge in [-0.05, 0) is 25.1 Å². The minimum absolute atomic E-state index is 0.356. The monoisotopic (exact) mass is 250 g/mol. The second-order valence-electron chi connectivity index (χ2n) is 3.29. The van der Waals surface area contributed by atoms with E-state index in [0.717, 1.165) is 10.9 Å². The van der Waals surface area contributed by atoms with Gasteiger partial charge < -0.3 is 16.2 Å². The number of fused-ring (bicyclic) bond motifs is 1. The number of hydrogen-bond acceptors (Lipinski definition) is 4. The number of aromatic amines is 1. The zero-order chi connectivity index (χ0) is 13.5. The molecule has 0 spiro atoms. The van der Waals surface area contributed by atoms with Crippen LogP contribution in [0, 0.1) is 0 Å². The molecule has 0 fully saturated rings. The van der Waals surface area contributed by atoms with Crippen molar-refractivity contribution in [2.75, 3.05) is 6.61 Å². The highest BCUT2D eigenvalue weighted by molar-refractivity contribution is 5.96. The van der Waals surface area contributed by atoms with Crippen LogP contribution in [-0.4, -0.2) is 28.8 Å². The fourth-order valence-electron chi connectivity index (χ4n) is 1.24. The molecule has 0 saturated heterocycles. The Labute approximate surface area is 103 Å². The summed E-state index contributed by atoms with van der Waals surface area (Å²) < 4.78 is 4.18. The number of amides is 2. The summed E-state index contributed by atoms with van der Waals surface area (Å²) in [5.41, 5.74) is 11.1. The van der Waals surface area contributed by atoms with Crippen LogP contribution in [0.15, 0.2) is 24.4 Å². The molecule has 2 aromatic rings. The van der Waals surface area contributed by atoms with Crippen LogP contribution in [0.1, 0.15) is 17.3 Å². The third-order valence-corrected chi connectivity index (χ3v) is 2.01. The van der Waals surface area contributed by atoms with E-state index in [-0.39, 0.29) is 0 Å². The van der Waals surface area contributed by atoms with Gasteiger partial charge in [0.25, 0.3) is 0 Å². The predicted molar refractivity (Wildman–Crippen MR) is 65.8 cm³/mol. The Morgan fingerprint density at radius 2 is 2.11 bits per heavy atom. The van der Waals surface area contributed by atoms with E-state index in [4.69, 9.17) is 5.73 Å². The molecule has 18 heavy (non-hydrogen) atoms. The van der Waals surface area contributed by atoms with E-state index in [9.17, 15) is 9.59 Å². The average molecular weight is 250 g/mol. The smallest absolute Gasteiger partial charge is 0.404 e. The normalized spacial score (nSPS) is 9.39. The highest BCUT2D eigenvalue weighted by Gasteiger charge is 2.01. The molecule has 0 atom stereocenters. The summed E-state index contributed by atoms with van der Waals surface area (Å²) in [7, 11) is 0. The summed E-state index contributed by atoms with van der Waals surface area (Å²) in [4.78, 5) is 20.4. The molecule has 0 bridgehead atoms. The number of benzene rings is 1. The molecular weight excluding hydrogens is 236 g/mol. The molecule has 0 aliphatic rings. The first-order valence-electron chi connectivity index (χ1n) is 5.19. The van der Waals surface area contributed by atoms with Crippen LogP contribution in [0.3, 0.4) is 0 Å². The van der Waals surface area contributed by atoms with E-state index in [0.29, 0.717) is 12.2 Å². The molecule has 5 N–H and O–H groups in total. The number of carbonyl (C=O) groups excluding carboxylic acids is 2. The van der Waals surface area contributed by atoms with Crippen LogP contribution in [-0.2, 0) is 4.74 Å². The van der Waals surface area contributed by atoms with Crippen molar-refractivity contribution in [3.05, 3.63) is 30.0 Å². The number of nitrogens with one attached hydrogen (secondary N) is 1. The fourth-order valence-corrected chi connectivity index (χ4v) is 1.24. The maximum Gasteiger partial charge on any atom is 0.404 e. The molecule has 1 aromatic heterocycles. The molecule has 2 rings (SSSR count).